The molecule has 0 aromatic carbocycles. The molecule has 0 radical (unpaired) electrons. The topological polar surface area (TPSA) is 15.3 Å². The molecule has 0 aliphatic carbocycles. The lowest BCUT2D eigenvalue weighted by atomic mass is 10.3. The average molecular weight is 240 g/mol. The molecule has 0 amide bonds. The van der Waals surface area contributed by atoms with Crippen LogP contribution in [0.25, 0.3) is 0 Å². The van der Waals surface area contributed by atoms with E-state index in [1.54, 1.807) is 0 Å². The standard InChI is InChI=1S/C13H24N2S/c1-4-8-15(5-2)9-7-14-11-13-12(3)6-10-16-13/h6,10,14H,4-5,7-9,11H2,1-3H3. The van der Waals surface area contributed by atoms with Gasteiger partial charge in [-0.3, -0.25) is 0 Å². The third-order valence-corrected chi connectivity index (χ3v) is 3.87. The summed E-state index contributed by atoms with van der Waals surface area (Å²) in [6.07, 6.45) is 1.25. The Labute approximate surface area is 104 Å². The average Bonchev–Trinajstić information content (AvgIpc) is 2.69. The molecule has 1 heterocycles. The third-order valence-electron chi connectivity index (χ3n) is 2.85. The van der Waals surface area contributed by atoms with Crippen LogP contribution in [0.2, 0.25) is 0 Å². The molecule has 0 spiro atoms. The van der Waals surface area contributed by atoms with Crippen molar-refractivity contribution in [3.63, 3.8) is 0 Å². The van der Waals surface area contributed by atoms with Crippen LogP contribution in [0, 0.1) is 6.92 Å². The zero-order valence-electron chi connectivity index (χ0n) is 10.8. The van der Waals surface area contributed by atoms with Gasteiger partial charge in [0.15, 0.2) is 0 Å². The minimum Gasteiger partial charge on any atom is -0.311 e. The highest BCUT2D eigenvalue weighted by Crippen LogP contribution is 2.14. The van der Waals surface area contributed by atoms with Crippen molar-refractivity contribution in [2.75, 3.05) is 26.2 Å². The molecule has 1 aromatic rings. The molecule has 16 heavy (non-hydrogen) atoms. The summed E-state index contributed by atoms with van der Waals surface area (Å²) in [5.41, 5.74) is 1.42. The smallest absolute Gasteiger partial charge is 0.0302 e. The molecule has 0 aliphatic rings. The Bertz CT molecular complexity index is 283. The van der Waals surface area contributed by atoms with E-state index in [1.807, 2.05) is 11.3 Å². The summed E-state index contributed by atoms with van der Waals surface area (Å²) in [7, 11) is 0. The van der Waals surface area contributed by atoms with Gasteiger partial charge >= 0.3 is 0 Å². The number of nitrogens with one attached hydrogen (secondary N) is 1. The Morgan fingerprint density at radius 3 is 2.69 bits per heavy atom. The quantitative estimate of drug-likeness (QED) is 0.703. The van der Waals surface area contributed by atoms with Gasteiger partial charge in [0.05, 0.1) is 0 Å². The molecule has 0 unspecified atom stereocenters. The fraction of sp³-hybridized carbons (Fsp3) is 0.692. The van der Waals surface area contributed by atoms with E-state index in [2.05, 4.69) is 42.4 Å². The number of rotatable bonds is 8. The molecule has 1 N–H and O–H groups in total. The van der Waals surface area contributed by atoms with E-state index in [0.29, 0.717) is 0 Å². The van der Waals surface area contributed by atoms with Crippen molar-refractivity contribution in [2.45, 2.75) is 33.7 Å². The molecule has 0 bridgehead atoms. The maximum Gasteiger partial charge on any atom is 0.0302 e. The van der Waals surface area contributed by atoms with Gasteiger partial charge in [-0.1, -0.05) is 13.8 Å². The van der Waals surface area contributed by atoms with E-state index in [1.165, 1.54) is 23.4 Å². The fourth-order valence-corrected chi connectivity index (χ4v) is 2.64. The van der Waals surface area contributed by atoms with E-state index in [9.17, 15) is 0 Å². The summed E-state index contributed by atoms with van der Waals surface area (Å²) in [5.74, 6) is 0. The van der Waals surface area contributed by atoms with E-state index in [0.717, 1.165) is 26.2 Å². The minimum atomic E-state index is 1.02. The maximum atomic E-state index is 3.52. The van der Waals surface area contributed by atoms with Crippen LogP contribution >= 0.6 is 11.3 Å². The van der Waals surface area contributed by atoms with Crippen molar-refractivity contribution in [2.24, 2.45) is 0 Å². The molecule has 92 valence electrons. The van der Waals surface area contributed by atoms with Gasteiger partial charge in [-0.05, 0) is 43.4 Å². The molecular weight excluding hydrogens is 216 g/mol. The van der Waals surface area contributed by atoms with Gasteiger partial charge in [0, 0.05) is 24.5 Å². The van der Waals surface area contributed by atoms with Crippen LogP contribution in [0.3, 0.4) is 0 Å². The zero-order valence-corrected chi connectivity index (χ0v) is 11.6. The predicted octanol–water partition coefficient (Wildman–Crippen LogP) is 2.88. The summed E-state index contributed by atoms with van der Waals surface area (Å²) in [4.78, 5) is 3.97. The highest BCUT2D eigenvalue weighted by Gasteiger charge is 2.01. The highest BCUT2D eigenvalue weighted by molar-refractivity contribution is 7.10. The van der Waals surface area contributed by atoms with Crippen LogP contribution in [0.5, 0.6) is 0 Å². The molecule has 3 heteroatoms. The lowest BCUT2D eigenvalue weighted by Crippen LogP contribution is -2.32. The minimum absolute atomic E-state index is 1.02. The molecule has 0 atom stereocenters. The van der Waals surface area contributed by atoms with E-state index in [4.69, 9.17) is 0 Å². The second-order valence-electron chi connectivity index (χ2n) is 4.14. The molecule has 0 aliphatic heterocycles. The Morgan fingerprint density at radius 1 is 1.31 bits per heavy atom. The van der Waals surface area contributed by atoms with E-state index in [-0.39, 0.29) is 0 Å². The van der Waals surface area contributed by atoms with Crippen molar-refractivity contribution >= 4 is 11.3 Å². The van der Waals surface area contributed by atoms with Crippen molar-refractivity contribution < 1.29 is 0 Å². The Balaban J connectivity index is 2.14. The summed E-state index contributed by atoms with van der Waals surface area (Å²) in [6.45, 7) is 12.3. The normalized spacial score (nSPS) is 11.2. The lowest BCUT2D eigenvalue weighted by molar-refractivity contribution is 0.287. The van der Waals surface area contributed by atoms with Gasteiger partial charge < -0.3 is 10.2 Å². The third kappa shape index (κ3) is 4.64. The van der Waals surface area contributed by atoms with Crippen LogP contribution in [0.4, 0.5) is 0 Å². The number of thiophene rings is 1. The summed E-state index contributed by atoms with van der Waals surface area (Å²) >= 11 is 1.85. The Kier molecular flexibility index (Phi) is 6.69. The van der Waals surface area contributed by atoms with E-state index < -0.39 is 0 Å². The summed E-state index contributed by atoms with van der Waals surface area (Å²) in [5, 5.41) is 5.69. The van der Waals surface area contributed by atoms with Crippen LogP contribution in [-0.2, 0) is 6.54 Å². The van der Waals surface area contributed by atoms with Gasteiger partial charge in [-0.15, -0.1) is 11.3 Å². The molecule has 1 aromatic heterocycles. The van der Waals surface area contributed by atoms with Crippen molar-refractivity contribution in [1.82, 2.24) is 10.2 Å². The van der Waals surface area contributed by atoms with Crippen LogP contribution < -0.4 is 5.32 Å². The molecule has 2 nitrogen and oxygen atoms in total. The van der Waals surface area contributed by atoms with Crippen LogP contribution in [-0.4, -0.2) is 31.1 Å². The highest BCUT2D eigenvalue weighted by atomic mass is 32.1. The monoisotopic (exact) mass is 240 g/mol. The van der Waals surface area contributed by atoms with Crippen molar-refractivity contribution in [3.8, 4) is 0 Å². The molecule has 0 fully saturated rings. The summed E-state index contributed by atoms with van der Waals surface area (Å²) < 4.78 is 0. The first-order valence-electron chi connectivity index (χ1n) is 6.24. The van der Waals surface area contributed by atoms with Gasteiger partial charge in [0.2, 0.25) is 0 Å². The lowest BCUT2D eigenvalue weighted by Gasteiger charge is -2.19. The Morgan fingerprint density at radius 2 is 2.12 bits per heavy atom. The number of hydrogen-bond acceptors (Lipinski definition) is 3. The predicted molar refractivity (Wildman–Crippen MR) is 73.2 cm³/mol. The SMILES string of the molecule is CCCN(CC)CCNCc1sccc1C. The number of hydrogen-bond donors (Lipinski definition) is 1. The van der Waals surface area contributed by atoms with Crippen LogP contribution in [0.1, 0.15) is 30.7 Å². The maximum absolute atomic E-state index is 3.52. The van der Waals surface area contributed by atoms with Crippen molar-refractivity contribution in [1.29, 1.82) is 0 Å². The van der Waals surface area contributed by atoms with Gasteiger partial charge in [-0.2, -0.15) is 0 Å². The molecule has 1 rings (SSSR count). The number of likely N-dealkylation sites (N-methyl/N-ethyl adjacent to an activating group) is 1. The first-order chi connectivity index (χ1) is 7.77. The first-order valence-corrected chi connectivity index (χ1v) is 7.12. The van der Waals surface area contributed by atoms with Crippen LogP contribution in [0.15, 0.2) is 11.4 Å². The fourth-order valence-electron chi connectivity index (χ4n) is 1.77. The van der Waals surface area contributed by atoms with Gasteiger partial charge in [0.25, 0.3) is 0 Å². The molecule has 0 saturated carbocycles. The van der Waals surface area contributed by atoms with Gasteiger partial charge in [0.1, 0.15) is 0 Å². The molecule has 0 saturated heterocycles. The second kappa shape index (κ2) is 7.82. The van der Waals surface area contributed by atoms with E-state index >= 15 is 0 Å². The summed E-state index contributed by atoms with van der Waals surface area (Å²) in [6, 6.07) is 2.19. The first kappa shape index (κ1) is 13.7. The second-order valence-corrected chi connectivity index (χ2v) is 5.14. The van der Waals surface area contributed by atoms with Crippen molar-refractivity contribution in [3.05, 3.63) is 21.9 Å². The number of nitrogens with zero attached hydrogens (tertiary/aromatic N) is 1. The zero-order chi connectivity index (χ0) is 11.8. The largest absolute Gasteiger partial charge is 0.311 e. The Hall–Kier alpha value is -0.380. The molecular formula is C13H24N2S. The number of aryl methyl sites for hydroxylation is 1. The van der Waals surface area contributed by atoms with Gasteiger partial charge in [-0.25, -0.2) is 0 Å².